The van der Waals surface area contributed by atoms with Crippen LogP contribution in [-0.4, -0.2) is 28.5 Å². The molecule has 0 saturated carbocycles. The summed E-state index contributed by atoms with van der Waals surface area (Å²) in [7, 11) is -2.96. The number of ether oxygens (including phenoxy) is 1. The van der Waals surface area contributed by atoms with E-state index in [0.717, 1.165) is 0 Å². The molecule has 1 aliphatic rings. The van der Waals surface area contributed by atoms with Gasteiger partial charge in [0, 0.05) is 0 Å². The Hall–Kier alpha value is -0.900. The molecule has 0 saturated heterocycles. The van der Waals surface area contributed by atoms with Crippen molar-refractivity contribution in [2.24, 2.45) is 0 Å². The molecule has 2 N–H and O–H groups in total. The van der Waals surface area contributed by atoms with E-state index < -0.39 is 19.2 Å². The van der Waals surface area contributed by atoms with Gasteiger partial charge in [0.15, 0.2) is 0 Å². The molecule has 0 fully saturated rings. The molecule has 0 bridgehead atoms. The summed E-state index contributed by atoms with van der Waals surface area (Å²) in [5, 5.41) is 0. The van der Waals surface area contributed by atoms with Crippen molar-refractivity contribution in [2.75, 3.05) is 7.11 Å². The highest BCUT2D eigenvalue weighted by molar-refractivity contribution is 7.53. The third-order valence-electron chi connectivity index (χ3n) is 1.63. The maximum atomic E-state index is 10.9. The number of carbonyl (C=O) groups is 1. The highest BCUT2D eigenvalue weighted by Gasteiger charge is 2.29. The Balaban J connectivity index is 2.83. The molecule has 0 amide bonds. The Morgan fingerprint density at radius 2 is 2.23 bits per heavy atom. The summed E-state index contributed by atoms with van der Waals surface area (Å²) < 4.78 is 15.1. The van der Waals surface area contributed by atoms with Gasteiger partial charge < -0.3 is 14.5 Å². The van der Waals surface area contributed by atoms with Crippen LogP contribution in [0.2, 0.25) is 0 Å². The molecule has 13 heavy (non-hydrogen) atoms. The van der Waals surface area contributed by atoms with E-state index in [9.17, 15) is 9.36 Å². The zero-order chi connectivity index (χ0) is 10.1. The smallest absolute Gasteiger partial charge is 0.337 e. The number of carbonyl (C=O) groups excluding carboxylic acids is 1. The molecule has 0 radical (unpaired) electrons. The average molecular weight is 204 g/mol. The number of methoxy groups -OCH3 is 1. The van der Waals surface area contributed by atoms with Crippen LogP contribution in [0.3, 0.4) is 0 Å². The molecule has 6 heteroatoms. The number of rotatable bonds is 2. The van der Waals surface area contributed by atoms with Gasteiger partial charge in [0.25, 0.3) is 0 Å². The Labute approximate surface area is 74.9 Å². The second-order valence-electron chi connectivity index (χ2n) is 2.55. The Kier molecular flexibility index (Phi) is 2.71. The molecule has 5 nitrogen and oxygen atoms in total. The Morgan fingerprint density at radius 3 is 2.62 bits per heavy atom. The van der Waals surface area contributed by atoms with Crippen LogP contribution in [0.15, 0.2) is 23.8 Å². The van der Waals surface area contributed by atoms with Gasteiger partial charge in [-0.05, 0) is 0 Å². The maximum absolute atomic E-state index is 10.9. The lowest BCUT2D eigenvalue weighted by molar-refractivity contribution is -0.135. The van der Waals surface area contributed by atoms with Gasteiger partial charge >= 0.3 is 13.6 Å². The highest BCUT2D eigenvalue weighted by atomic mass is 31.2. The Bertz CT molecular complexity index is 324. The number of esters is 1. The van der Waals surface area contributed by atoms with Crippen LogP contribution in [0.25, 0.3) is 0 Å². The largest absolute Gasteiger partial charge is 0.465 e. The molecule has 0 spiro atoms. The van der Waals surface area contributed by atoms with E-state index in [2.05, 4.69) is 4.74 Å². The Morgan fingerprint density at radius 1 is 1.62 bits per heavy atom. The fourth-order valence-electron chi connectivity index (χ4n) is 0.960. The molecule has 0 aliphatic heterocycles. The van der Waals surface area contributed by atoms with E-state index in [4.69, 9.17) is 9.79 Å². The first-order valence-corrected chi connectivity index (χ1v) is 5.17. The predicted octanol–water partition coefficient (Wildman–Crippen LogP) is 0.202. The lowest BCUT2D eigenvalue weighted by atomic mass is 10.3. The monoisotopic (exact) mass is 204 g/mol. The van der Waals surface area contributed by atoms with Crippen LogP contribution < -0.4 is 0 Å². The van der Waals surface area contributed by atoms with Crippen molar-refractivity contribution < 1.29 is 23.9 Å². The third kappa shape index (κ3) is 2.28. The predicted molar refractivity (Wildman–Crippen MR) is 45.1 cm³/mol. The number of allylic oxidation sites excluding steroid dienone is 2. The minimum Gasteiger partial charge on any atom is -0.465 e. The molecule has 0 aromatic rings. The third-order valence-corrected chi connectivity index (χ3v) is 2.73. The van der Waals surface area contributed by atoms with E-state index in [1.807, 2.05) is 0 Å². The molecule has 0 heterocycles. The fraction of sp³-hybridized carbons (Fsp3) is 0.286. The van der Waals surface area contributed by atoms with Crippen LogP contribution in [0.4, 0.5) is 0 Å². The van der Waals surface area contributed by atoms with Gasteiger partial charge in [0.2, 0.25) is 0 Å². The molecule has 1 aliphatic carbocycles. The summed E-state index contributed by atoms with van der Waals surface area (Å²) in [6.07, 6.45) is 3.83. The summed E-state index contributed by atoms with van der Waals surface area (Å²) >= 11 is 0. The van der Waals surface area contributed by atoms with Gasteiger partial charge in [0.05, 0.1) is 18.3 Å². The van der Waals surface area contributed by atoms with Crippen LogP contribution >= 0.6 is 7.60 Å². The van der Waals surface area contributed by atoms with Gasteiger partial charge in [-0.1, -0.05) is 18.2 Å². The van der Waals surface area contributed by atoms with Crippen molar-refractivity contribution >= 4 is 13.6 Å². The van der Waals surface area contributed by atoms with Crippen LogP contribution in [0.5, 0.6) is 0 Å². The number of hydrogen-bond acceptors (Lipinski definition) is 3. The van der Waals surface area contributed by atoms with E-state index in [0.29, 0.717) is 0 Å². The zero-order valence-electron chi connectivity index (χ0n) is 6.88. The average Bonchev–Trinajstić information content (AvgIpc) is 2.50. The quantitative estimate of drug-likeness (QED) is 0.496. The summed E-state index contributed by atoms with van der Waals surface area (Å²) in [5.41, 5.74) is -0.822. The summed E-state index contributed by atoms with van der Waals surface area (Å²) in [4.78, 5) is 28.4. The van der Waals surface area contributed by atoms with E-state index in [-0.39, 0.29) is 5.57 Å². The minimum atomic E-state index is -4.17. The van der Waals surface area contributed by atoms with Gasteiger partial charge in [-0.25, -0.2) is 4.79 Å². The first-order chi connectivity index (χ1) is 5.95. The molecular weight excluding hydrogens is 195 g/mol. The summed E-state index contributed by atoms with van der Waals surface area (Å²) in [6.45, 7) is 0. The molecular formula is C7H9O5P. The zero-order valence-corrected chi connectivity index (χ0v) is 7.77. The topological polar surface area (TPSA) is 83.8 Å². The molecule has 0 aromatic heterocycles. The van der Waals surface area contributed by atoms with Crippen molar-refractivity contribution in [1.82, 2.24) is 0 Å². The molecule has 0 aromatic carbocycles. The lowest BCUT2D eigenvalue weighted by Crippen LogP contribution is -2.03. The lowest BCUT2D eigenvalue weighted by Gasteiger charge is -2.06. The second-order valence-corrected chi connectivity index (χ2v) is 4.33. The van der Waals surface area contributed by atoms with Crippen molar-refractivity contribution in [3.63, 3.8) is 0 Å². The fourth-order valence-corrected chi connectivity index (χ4v) is 1.63. The van der Waals surface area contributed by atoms with Crippen molar-refractivity contribution in [3.05, 3.63) is 23.8 Å². The molecule has 72 valence electrons. The minimum absolute atomic E-state index is 0.177. The summed E-state index contributed by atoms with van der Waals surface area (Å²) in [5.74, 6) is -0.591. The van der Waals surface area contributed by atoms with E-state index in [1.54, 1.807) is 0 Å². The normalized spacial score (nSPS) is 21.5. The number of hydrogen-bond donors (Lipinski definition) is 2. The van der Waals surface area contributed by atoms with E-state index >= 15 is 0 Å². The summed E-state index contributed by atoms with van der Waals surface area (Å²) in [6, 6.07) is 0. The van der Waals surface area contributed by atoms with Gasteiger partial charge in [0.1, 0.15) is 0 Å². The van der Waals surface area contributed by atoms with Crippen molar-refractivity contribution in [2.45, 2.75) is 5.66 Å². The van der Waals surface area contributed by atoms with Crippen molar-refractivity contribution in [1.29, 1.82) is 0 Å². The highest BCUT2D eigenvalue weighted by Crippen LogP contribution is 2.45. The molecule has 1 unspecified atom stereocenters. The van der Waals surface area contributed by atoms with Gasteiger partial charge in [-0.3, -0.25) is 4.57 Å². The van der Waals surface area contributed by atoms with Crippen molar-refractivity contribution in [3.8, 4) is 0 Å². The standard InChI is InChI=1S/C7H9O5P/c1-12-7(8)5-2-3-6(4-5)13(9,10)11/h2-4,6H,1H3,(H2,9,10,11). The first kappa shape index (κ1) is 10.2. The SMILES string of the molecule is COC(=O)C1=CC(P(=O)(O)O)C=C1. The second kappa shape index (κ2) is 3.46. The molecule has 1 atom stereocenters. The maximum Gasteiger partial charge on any atom is 0.337 e. The van der Waals surface area contributed by atoms with E-state index in [1.165, 1.54) is 25.3 Å². The van der Waals surface area contributed by atoms with Crippen LogP contribution in [0.1, 0.15) is 0 Å². The molecule has 1 rings (SSSR count). The van der Waals surface area contributed by atoms with Gasteiger partial charge in [-0.15, -0.1) is 0 Å². The van der Waals surface area contributed by atoms with Crippen LogP contribution in [0, 0.1) is 0 Å². The first-order valence-electron chi connectivity index (χ1n) is 3.48. The van der Waals surface area contributed by atoms with Crippen LogP contribution in [-0.2, 0) is 14.1 Å². The van der Waals surface area contributed by atoms with Gasteiger partial charge in [-0.2, -0.15) is 0 Å².